The fourth-order valence-electron chi connectivity index (χ4n) is 0.768. The largest absolute Gasteiger partial charge is 0.312 e. The SMILES string of the molecule is Cl.NC(N)c1cc(Br)cc(Br)c1. The van der Waals surface area contributed by atoms with Crippen LogP contribution in [0, 0.1) is 0 Å². The second-order valence-corrected chi connectivity index (χ2v) is 4.06. The highest BCUT2D eigenvalue weighted by molar-refractivity contribution is 9.11. The average Bonchev–Trinajstić information content (AvgIpc) is 1.85. The van der Waals surface area contributed by atoms with Gasteiger partial charge in [-0.05, 0) is 23.8 Å². The molecule has 4 N–H and O–H groups in total. The van der Waals surface area contributed by atoms with Gasteiger partial charge in [-0.25, -0.2) is 0 Å². The van der Waals surface area contributed by atoms with Crippen LogP contribution in [0.5, 0.6) is 0 Å². The van der Waals surface area contributed by atoms with Gasteiger partial charge in [0.15, 0.2) is 0 Å². The lowest BCUT2D eigenvalue weighted by Gasteiger charge is -2.06. The maximum Gasteiger partial charge on any atom is 0.0785 e. The number of hydrogen-bond acceptors (Lipinski definition) is 2. The van der Waals surface area contributed by atoms with Gasteiger partial charge in [-0.15, -0.1) is 12.4 Å². The normalized spacial score (nSPS) is 9.75. The molecule has 0 unspecified atom stereocenters. The summed E-state index contributed by atoms with van der Waals surface area (Å²) >= 11 is 6.68. The first kappa shape index (κ1) is 12.4. The molecule has 0 aliphatic carbocycles. The van der Waals surface area contributed by atoms with E-state index in [4.69, 9.17) is 11.5 Å². The minimum atomic E-state index is -0.413. The van der Waals surface area contributed by atoms with E-state index >= 15 is 0 Å². The molecule has 0 saturated heterocycles. The van der Waals surface area contributed by atoms with Crippen LogP contribution in [0.15, 0.2) is 27.1 Å². The van der Waals surface area contributed by atoms with Gasteiger partial charge in [-0.2, -0.15) is 0 Å². The summed E-state index contributed by atoms with van der Waals surface area (Å²) < 4.78 is 1.95. The van der Waals surface area contributed by atoms with E-state index < -0.39 is 6.17 Å². The van der Waals surface area contributed by atoms with Gasteiger partial charge < -0.3 is 11.5 Å². The number of halogens is 3. The lowest BCUT2D eigenvalue weighted by atomic mass is 10.2. The highest BCUT2D eigenvalue weighted by Crippen LogP contribution is 2.21. The summed E-state index contributed by atoms with van der Waals surface area (Å²) in [5, 5.41) is 0. The van der Waals surface area contributed by atoms with Crippen molar-refractivity contribution in [3.8, 4) is 0 Å². The number of nitrogens with two attached hydrogens (primary N) is 2. The van der Waals surface area contributed by atoms with Gasteiger partial charge in [0.25, 0.3) is 0 Å². The molecule has 0 saturated carbocycles. The molecule has 1 rings (SSSR count). The zero-order valence-corrected chi connectivity index (χ0v) is 10.1. The Morgan fingerprint density at radius 2 is 1.42 bits per heavy atom. The molecule has 68 valence electrons. The molecule has 2 nitrogen and oxygen atoms in total. The molecule has 5 heteroatoms. The third-order valence-electron chi connectivity index (χ3n) is 1.27. The van der Waals surface area contributed by atoms with Crippen LogP contribution in [0.1, 0.15) is 11.7 Å². The maximum absolute atomic E-state index is 5.49. The van der Waals surface area contributed by atoms with E-state index in [1.807, 2.05) is 18.2 Å². The molecule has 0 heterocycles. The summed E-state index contributed by atoms with van der Waals surface area (Å²) in [5.74, 6) is 0. The Bertz CT molecular complexity index is 245. The Morgan fingerprint density at radius 3 is 1.75 bits per heavy atom. The summed E-state index contributed by atoms with van der Waals surface area (Å²) in [4.78, 5) is 0. The van der Waals surface area contributed by atoms with E-state index in [1.165, 1.54) is 0 Å². The molecule has 0 spiro atoms. The highest BCUT2D eigenvalue weighted by atomic mass is 79.9. The summed E-state index contributed by atoms with van der Waals surface area (Å²) in [7, 11) is 0. The number of benzene rings is 1. The van der Waals surface area contributed by atoms with E-state index in [0.717, 1.165) is 14.5 Å². The van der Waals surface area contributed by atoms with Crippen LogP contribution in [0.25, 0.3) is 0 Å². The molecular formula is C7H9Br2ClN2. The van der Waals surface area contributed by atoms with Gasteiger partial charge in [0, 0.05) is 8.95 Å². The fourth-order valence-corrected chi connectivity index (χ4v) is 2.10. The van der Waals surface area contributed by atoms with E-state index in [1.54, 1.807) is 0 Å². The smallest absolute Gasteiger partial charge is 0.0785 e. The third-order valence-corrected chi connectivity index (χ3v) is 2.19. The summed E-state index contributed by atoms with van der Waals surface area (Å²) in [6.07, 6.45) is -0.413. The van der Waals surface area contributed by atoms with Crippen molar-refractivity contribution >= 4 is 44.3 Å². The molecule has 0 aliphatic rings. The van der Waals surface area contributed by atoms with Crippen LogP contribution in [-0.2, 0) is 0 Å². The Balaban J connectivity index is 0.00000121. The standard InChI is InChI=1S/C7H8Br2N2.ClH/c8-5-1-4(7(10)11)2-6(9)3-5;/h1-3,7H,10-11H2;1H. The maximum atomic E-state index is 5.49. The lowest BCUT2D eigenvalue weighted by Crippen LogP contribution is -2.19. The van der Waals surface area contributed by atoms with Crippen molar-refractivity contribution < 1.29 is 0 Å². The van der Waals surface area contributed by atoms with E-state index in [2.05, 4.69) is 31.9 Å². The van der Waals surface area contributed by atoms with Gasteiger partial charge in [-0.3, -0.25) is 0 Å². The van der Waals surface area contributed by atoms with Crippen molar-refractivity contribution in [2.75, 3.05) is 0 Å². The summed E-state index contributed by atoms with van der Waals surface area (Å²) in [6.45, 7) is 0. The molecule has 12 heavy (non-hydrogen) atoms. The predicted molar refractivity (Wildman–Crippen MR) is 60.2 cm³/mol. The van der Waals surface area contributed by atoms with E-state index in [-0.39, 0.29) is 12.4 Å². The molecule has 0 aromatic heterocycles. The van der Waals surface area contributed by atoms with Crippen molar-refractivity contribution in [1.82, 2.24) is 0 Å². The second kappa shape index (κ2) is 5.19. The van der Waals surface area contributed by atoms with Gasteiger partial charge in [0.1, 0.15) is 0 Å². The van der Waals surface area contributed by atoms with Crippen molar-refractivity contribution in [1.29, 1.82) is 0 Å². The topological polar surface area (TPSA) is 52.0 Å². The quantitative estimate of drug-likeness (QED) is 0.782. The first-order valence-corrected chi connectivity index (χ1v) is 4.65. The number of hydrogen-bond donors (Lipinski definition) is 2. The fraction of sp³-hybridized carbons (Fsp3) is 0.143. The van der Waals surface area contributed by atoms with Gasteiger partial charge in [0.2, 0.25) is 0 Å². The summed E-state index contributed by atoms with van der Waals surface area (Å²) in [6, 6.07) is 5.73. The average molecular weight is 316 g/mol. The van der Waals surface area contributed by atoms with Gasteiger partial charge >= 0.3 is 0 Å². The molecule has 0 radical (unpaired) electrons. The van der Waals surface area contributed by atoms with E-state index in [9.17, 15) is 0 Å². The van der Waals surface area contributed by atoms with Gasteiger partial charge in [-0.1, -0.05) is 31.9 Å². The monoisotopic (exact) mass is 314 g/mol. The third kappa shape index (κ3) is 3.41. The molecule has 0 aliphatic heterocycles. The Labute approximate surface area is 94.4 Å². The van der Waals surface area contributed by atoms with Crippen LogP contribution in [0.4, 0.5) is 0 Å². The van der Waals surface area contributed by atoms with E-state index in [0.29, 0.717) is 0 Å². The van der Waals surface area contributed by atoms with Crippen molar-refractivity contribution in [3.63, 3.8) is 0 Å². The molecule has 0 fully saturated rings. The summed E-state index contributed by atoms with van der Waals surface area (Å²) in [5.41, 5.74) is 11.9. The van der Waals surface area contributed by atoms with Crippen molar-refractivity contribution in [3.05, 3.63) is 32.7 Å². The number of rotatable bonds is 1. The minimum Gasteiger partial charge on any atom is -0.312 e. The highest BCUT2D eigenvalue weighted by Gasteiger charge is 2.01. The molecule has 0 atom stereocenters. The van der Waals surface area contributed by atoms with Crippen molar-refractivity contribution in [2.45, 2.75) is 6.17 Å². The molecular weight excluding hydrogens is 307 g/mol. The van der Waals surface area contributed by atoms with Crippen LogP contribution >= 0.6 is 44.3 Å². The van der Waals surface area contributed by atoms with Gasteiger partial charge in [0.05, 0.1) is 6.17 Å². The minimum absolute atomic E-state index is 0. The van der Waals surface area contributed by atoms with Crippen molar-refractivity contribution in [2.24, 2.45) is 11.5 Å². The predicted octanol–water partition coefficient (Wildman–Crippen LogP) is 2.55. The van der Waals surface area contributed by atoms with Crippen LogP contribution in [0.2, 0.25) is 0 Å². The van der Waals surface area contributed by atoms with Crippen LogP contribution in [0.3, 0.4) is 0 Å². The zero-order chi connectivity index (χ0) is 8.43. The second-order valence-electron chi connectivity index (χ2n) is 2.23. The first-order chi connectivity index (χ1) is 5.09. The van der Waals surface area contributed by atoms with Crippen LogP contribution < -0.4 is 11.5 Å². The first-order valence-electron chi connectivity index (χ1n) is 3.07. The zero-order valence-electron chi connectivity index (χ0n) is 6.13. The molecule has 0 bridgehead atoms. The lowest BCUT2D eigenvalue weighted by molar-refractivity contribution is 0.772. The molecule has 1 aromatic carbocycles. The Morgan fingerprint density at radius 1 is 1.00 bits per heavy atom. The van der Waals surface area contributed by atoms with Crippen LogP contribution in [-0.4, -0.2) is 0 Å². The Kier molecular flexibility index (Phi) is 5.36. The molecule has 0 amide bonds. The molecule has 1 aromatic rings. The Hall–Kier alpha value is 0.390.